The number of piperidine rings is 1. The van der Waals surface area contributed by atoms with Gasteiger partial charge >= 0.3 is 0 Å². The van der Waals surface area contributed by atoms with Crippen LogP contribution in [-0.2, 0) is 6.42 Å². The highest BCUT2D eigenvalue weighted by atomic mass is 14.9. The molecule has 94 valence electrons. The summed E-state index contributed by atoms with van der Waals surface area (Å²) in [6, 6.07) is 2.12. The molecular weight excluding hydrogens is 210 g/mol. The van der Waals surface area contributed by atoms with Gasteiger partial charge in [0.2, 0.25) is 0 Å². The Morgan fingerprint density at radius 3 is 2.88 bits per heavy atom. The summed E-state index contributed by atoms with van der Waals surface area (Å²) >= 11 is 0. The first-order valence-electron chi connectivity index (χ1n) is 6.70. The van der Waals surface area contributed by atoms with E-state index in [9.17, 15) is 0 Å². The van der Waals surface area contributed by atoms with Crippen LogP contribution in [0.15, 0.2) is 6.07 Å². The largest absolute Gasteiger partial charge is 0.316 e. The van der Waals surface area contributed by atoms with E-state index in [1.165, 1.54) is 18.5 Å². The third kappa shape index (κ3) is 3.50. The molecule has 17 heavy (non-hydrogen) atoms. The lowest BCUT2D eigenvalue weighted by atomic mass is 9.98. The predicted octanol–water partition coefficient (Wildman–Crippen LogP) is 2.45. The Balaban J connectivity index is 2.18. The molecule has 1 N–H and O–H groups in total. The van der Waals surface area contributed by atoms with Crippen molar-refractivity contribution in [2.24, 2.45) is 5.92 Å². The Morgan fingerprint density at radius 1 is 1.41 bits per heavy atom. The van der Waals surface area contributed by atoms with Crippen LogP contribution in [0.5, 0.6) is 0 Å². The molecule has 1 aromatic heterocycles. The third-order valence-electron chi connectivity index (χ3n) is 3.20. The minimum atomic E-state index is 0.509. The Labute approximate surface area is 104 Å². The number of rotatable bonds is 3. The average Bonchev–Trinajstić information content (AvgIpc) is 2.28. The maximum absolute atomic E-state index is 4.75. The van der Waals surface area contributed by atoms with Gasteiger partial charge in [0.25, 0.3) is 0 Å². The lowest BCUT2D eigenvalue weighted by Gasteiger charge is -2.22. The summed E-state index contributed by atoms with van der Waals surface area (Å²) in [7, 11) is 0. The van der Waals surface area contributed by atoms with Gasteiger partial charge in [0.1, 0.15) is 5.82 Å². The Morgan fingerprint density at radius 2 is 2.24 bits per heavy atom. The first-order chi connectivity index (χ1) is 8.15. The van der Waals surface area contributed by atoms with Crippen LogP contribution in [0.3, 0.4) is 0 Å². The Kier molecular flexibility index (Phi) is 4.11. The minimum absolute atomic E-state index is 0.509. The molecule has 0 spiro atoms. The third-order valence-corrected chi connectivity index (χ3v) is 3.20. The molecule has 1 unspecified atom stereocenters. The van der Waals surface area contributed by atoms with Crippen molar-refractivity contribution in [2.75, 3.05) is 13.1 Å². The summed E-state index contributed by atoms with van der Waals surface area (Å²) in [6.45, 7) is 8.72. The molecule has 0 aliphatic carbocycles. The van der Waals surface area contributed by atoms with Crippen molar-refractivity contribution in [3.63, 3.8) is 0 Å². The van der Waals surface area contributed by atoms with Gasteiger partial charge in [-0.2, -0.15) is 0 Å². The Bertz CT molecular complexity index is 368. The first kappa shape index (κ1) is 12.5. The first-order valence-corrected chi connectivity index (χ1v) is 6.70. The van der Waals surface area contributed by atoms with E-state index >= 15 is 0 Å². The number of aryl methyl sites for hydroxylation is 1. The highest BCUT2D eigenvalue weighted by Crippen LogP contribution is 2.21. The van der Waals surface area contributed by atoms with E-state index in [1.54, 1.807) is 0 Å². The van der Waals surface area contributed by atoms with Crippen LogP contribution in [0.1, 0.15) is 49.8 Å². The number of nitrogens with zero attached hydrogens (tertiary/aromatic N) is 2. The van der Waals surface area contributed by atoms with Gasteiger partial charge < -0.3 is 5.32 Å². The van der Waals surface area contributed by atoms with Crippen LogP contribution < -0.4 is 5.32 Å². The zero-order valence-electron chi connectivity index (χ0n) is 11.2. The van der Waals surface area contributed by atoms with E-state index in [0.29, 0.717) is 11.8 Å². The topological polar surface area (TPSA) is 37.8 Å². The van der Waals surface area contributed by atoms with Crippen molar-refractivity contribution in [3.8, 4) is 0 Å². The van der Waals surface area contributed by atoms with Crippen molar-refractivity contribution in [1.82, 2.24) is 15.3 Å². The van der Waals surface area contributed by atoms with Gasteiger partial charge in [-0.25, -0.2) is 9.97 Å². The Hall–Kier alpha value is -0.960. The minimum Gasteiger partial charge on any atom is -0.316 e. The second-order valence-electron chi connectivity index (χ2n) is 5.50. The normalized spacial score (nSPS) is 20.8. The monoisotopic (exact) mass is 233 g/mol. The van der Waals surface area contributed by atoms with Gasteiger partial charge in [-0.05, 0) is 44.7 Å². The standard InChI is InChI=1S/C14H23N3/c1-10(2)7-13-8-11(3)16-14(17-13)12-5-4-6-15-9-12/h8,10,12,15H,4-7,9H2,1-3H3. The van der Waals surface area contributed by atoms with Crippen LogP contribution in [0.4, 0.5) is 0 Å². The molecule has 0 bridgehead atoms. The van der Waals surface area contributed by atoms with Crippen LogP contribution in [0.25, 0.3) is 0 Å². The molecule has 0 saturated carbocycles. The molecule has 1 fully saturated rings. The van der Waals surface area contributed by atoms with Gasteiger partial charge in [-0.1, -0.05) is 13.8 Å². The molecule has 0 amide bonds. The van der Waals surface area contributed by atoms with Crippen molar-refractivity contribution in [2.45, 2.75) is 46.0 Å². The summed E-state index contributed by atoms with van der Waals surface area (Å²) in [6.07, 6.45) is 3.51. The molecule has 1 aromatic rings. The smallest absolute Gasteiger partial charge is 0.133 e. The summed E-state index contributed by atoms with van der Waals surface area (Å²) in [4.78, 5) is 9.36. The van der Waals surface area contributed by atoms with E-state index in [2.05, 4.69) is 37.1 Å². The lowest BCUT2D eigenvalue weighted by molar-refractivity contribution is 0.444. The predicted molar refractivity (Wildman–Crippen MR) is 70.2 cm³/mol. The lowest BCUT2D eigenvalue weighted by Crippen LogP contribution is -2.29. The molecule has 1 atom stereocenters. The second-order valence-corrected chi connectivity index (χ2v) is 5.50. The molecule has 1 aliphatic rings. The molecule has 1 saturated heterocycles. The van der Waals surface area contributed by atoms with E-state index in [-0.39, 0.29) is 0 Å². The van der Waals surface area contributed by atoms with Crippen LogP contribution in [0, 0.1) is 12.8 Å². The van der Waals surface area contributed by atoms with Gasteiger partial charge in [0.15, 0.2) is 0 Å². The van der Waals surface area contributed by atoms with Crippen molar-refractivity contribution in [1.29, 1.82) is 0 Å². The maximum Gasteiger partial charge on any atom is 0.133 e. The zero-order chi connectivity index (χ0) is 12.3. The number of nitrogens with one attached hydrogen (secondary N) is 1. The van der Waals surface area contributed by atoms with Crippen molar-refractivity contribution < 1.29 is 0 Å². The molecule has 0 aromatic carbocycles. The summed E-state index contributed by atoms with van der Waals surface area (Å²) in [5.74, 6) is 2.21. The zero-order valence-corrected chi connectivity index (χ0v) is 11.2. The number of hydrogen-bond acceptors (Lipinski definition) is 3. The molecular formula is C14H23N3. The van der Waals surface area contributed by atoms with Gasteiger partial charge in [0, 0.05) is 23.9 Å². The van der Waals surface area contributed by atoms with E-state index < -0.39 is 0 Å². The van der Waals surface area contributed by atoms with Crippen LogP contribution in [-0.4, -0.2) is 23.1 Å². The van der Waals surface area contributed by atoms with Gasteiger partial charge in [-0.3, -0.25) is 0 Å². The van der Waals surface area contributed by atoms with Crippen molar-refractivity contribution >= 4 is 0 Å². The molecule has 3 heteroatoms. The van der Waals surface area contributed by atoms with E-state index in [4.69, 9.17) is 4.98 Å². The average molecular weight is 233 g/mol. The molecule has 0 radical (unpaired) electrons. The van der Waals surface area contributed by atoms with E-state index in [1.807, 2.05) is 0 Å². The van der Waals surface area contributed by atoms with Gasteiger partial charge in [0.05, 0.1) is 0 Å². The van der Waals surface area contributed by atoms with Crippen LogP contribution >= 0.6 is 0 Å². The van der Waals surface area contributed by atoms with E-state index in [0.717, 1.165) is 31.0 Å². The molecule has 2 heterocycles. The quantitative estimate of drug-likeness (QED) is 0.871. The SMILES string of the molecule is Cc1cc(CC(C)C)nc(C2CCCNC2)n1. The highest BCUT2D eigenvalue weighted by Gasteiger charge is 2.18. The number of aromatic nitrogens is 2. The highest BCUT2D eigenvalue weighted by molar-refractivity contribution is 5.13. The fourth-order valence-corrected chi connectivity index (χ4v) is 2.44. The fraction of sp³-hybridized carbons (Fsp3) is 0.714. The summed E-state index contributed by atoms with van der Waals surface area (Å²) < 4.78 is 0. The van der Waals surface area contributed by atoms with Gasteiger partial charge in [-0.15, -0.1) is 0 Å². The molecule has 2 rings (SSSR count). The molecule has 3 nitrogen and oxygen atoms in total. The maximum atomic E-state index is 4.75. The summed E-state index contributed by atoms with van der Waals surface area (Å²) in [5.41, 5.74) is 2.31. The molecule has 1 aliphatic heterocycles. The second kappa shape index (κ2) is 5.58. The summed E-state index contributed by atoms with van der Waals surface area (Å²) in [5, 5.41) is 3.43. The van der Waals surface area contributed by atoms with Crippen LogP contribution in [0.2, 0.25) is 0 Å². The van der Waals surface area contributed by atoms with Crippen molar-refractivity contribution in [3.05, 3.63) is 23.3 Å². The fourth-order valence-electron chi connectivity index (χ4n) is 2.44. The number of hydrogen-bond donors (Lipinski definition) is 1.